The number of benzene rings is 1. The van der Waals surface area contributed by atoms with Crippen LogP contribution in [0, 0.1) is 27.7 Å². The number of thioether (sulfide) groups is 1. The van der Waals surface area contributed by atoms with E-state index >= 15 is 0 Å². The third-order valence-electron chi connectivity index (χ3n) is 4.33. The first-order valence-electron chi connectivity index (χ1n) is 8.25. The molecule has 0 atom stereocenters. The molecular weight excluding hydrogens is 332 g/mol. The topological polar surface area (TPSA) is 48.0 Å². The molecule has 0 unspecified atom stereocenters. The molecule has 0 spiro atoms. The molecule has 4 nitrogen and oxygen atoms in total. The van der Waals surface area contributed by atoms with Crippen molar-refractivity contribution in [2.45, 2.75) is 33.4 Å². The molecule has 0 amide bonds. The van der Waals surface area contributed by atoms with Crippen LogP contribution in [-0.2, 0) is 5.75 Å². The molecule has 5 heteroatoms. The van der Waals surface area contributed by atoms with Gasteiger partial charge in [0.1, 0.15) is 5.76 Å². The first kappa shape index (κ1) is 17.5. The van der Waals surface area contributed by atoms with Gasteiger partial charge in [0.25, 0.3) is 0 Å². The Hall–Kier alpha value is -2.27. The summed E-state index contributed by atoms with van der Waals surface area (Å²) in [6.45, 7) is 7.90. The van der Waals surface area contributed by atoms with E-state index in [-0.39, 0.29) is 5.78 Å². The molecule has 0 aliphatic carbocycles. The predicted molar refractivity (Wildman–Crippen MR) is 102 cm³/mol. The van der Waals surface area contributed by atoms with E-state index in [2.05, 4.69) is 24.2 Å². The van der Waals surface area contributed by atoms with Crippen molar-refractivity contribution in [3.05, 3.63) is 70.2 Å². The van der Waals surface area contributed by atoms with Gasteiger partial charge in [0.2, 0.25) is 0 Å². The number of hydrogen-bond donors (Lipinski definition) is 0. The van der Waals surface area contributed by atoms with Crippen molar-refractivity contribution in [3.63, 3.8) is 0 Å². The standard InChI is InChI=1S/C20H22N2O2S/c1-13-7-5-6-8-17(13)11-25-12-19(23)18-9-14(2)22(16(18)4)20-10-15(3)24-21-20/h5-10H,11-12H2,1-4H3. The van der Waals surface area contributed by atoms with Crippen LogP contribution in [0.1, 0.15) is 38.6 Å². The first-order valence-corrected chi connectivity index (χ1v) is 9.41. The van der Waals surface area contributed by atoms with Crippen LogP contribution in [0.15, 0.2) is 40.9 Å². The second kappa shape index (κ2) is 7.31. The second-order valence-electron chi connectivity index (χ2n) is 6.26. The zero-order chi connectivity index (χ0) is 18.0. The lowest BCUT2D eigenvalue weighted by atomic mass is 10.1. The number of hydrogen-bond acceptors (Lipinski definition) is 4. The fraction of sp³-hybridized carbons (Fsp3) is 0.300. The van der Waals surface area contributed by atoms with Crippen LogP contribution in [0.25, 0.3) is 5.82 Å². The van der Waals surface area contributed by atoms with Gasteiger partial charge in [0.15, 0.2) is 11.6 Å². The van der Waals surface area contributed by atoms with Crippen LogP contribution in [-0.4, -0.2) is 21.3 Å². The van der Waals surface area contributed by atoms with Gasteiger partial charge in [-0.1, -0.05) is 29.4 Å². The van der Waals surface area contributed by atoms with E-state index in [4.69, 9.17) is 4.52 Å². The zero-order valence-electron chi connectivity index (χ0n) is 15.0. The Balaban J connectivity index is 1.72. The van der Waals surface area contributed by atoms with E-state index in [1.807, 2.05) is 49.6 Å². The summed E-state index contributed by atoms with van der Waals surface area (Å²) in [5, 5.41) is 4.06. The van der Waals surface area contributed by atoms with E-state index in [0.717, 1.165) is 34.3 Å². The predicted octanol–water partition coefficient (Wildman–Crippen LogP) is 4.82. The van der Waals surface area contributed by atoms with Crippen LogP contribution in [0.5, 0.6) is 0 Å². The lowest BCUT2D eigenvalue weighted by molar-refractivity contribution is 0.102. The molecule has 0 radical (unpaired) electrons. The van der Waals surface area contributed by atoms with Crippen LogP contribution in [0.2, 0.25) is 0 Å². The SMILES string of the molecule is Cc1cc(-n2c(C)cc(C(=O)CSCc3ccccc3C)c2C)no1. The summed E-state index contributed by atoms with van der Waals surface area (Å²) in [6.07, 6.45) is 0. The van der Waals surface area contributed by atoms with E-state index in [9.17, 15) is 4.79 Å². The van der Waals surface area contributed by atoms with E-state index in [1.54, 1.807) is 11.8 Å². The van der Waals surface area contributed by atoms with Gasteiger partial charge in [-0.05, 0) is 44.9 Å². The van der Waals surface area contributed by atoms with Crippen molar-refractivity contribution in [1.82, 2.24) is 9.72 Å². The van der Waals surface area contributed by atoms with Crippen LogP contribution in [0.4, 0.5) is 0 Å². The molecule has 3 rings (SSSR count). The third-order valence-corrected chi connectivity index (χ3v) is 5.31. The van der Waals surface area contributed by atoms with E-state index < -0.39 is 0 Å². The Bertz CT molecular complexity index is 908. The summed E-state index contributed by atoms with van der Waals surface area (Å²) in [5.41, 5.74) is 5.20. The average molecular weight is 354 g/mol. The first-order chi connectivity index (χ1) is 12.0. The van der Waals surface area contributed by atoms with Gasteiger partial charge >= 0.3 is 0 Å². The highest BCUT2D eigenvalue weighted by Gasteiger charge is 2.18. The molecule has 0 fully saturated rings. The Morgan fingerprint density at radius 2 is 1.92 bits per heavy atom. The maximum Gasteiger partial charge on any atom is 0.180 e. The van der Waals surface area contributed by atoms with Gasteiger partial charge < -0.3 is 4.52 Å². The Morgan fingerprint density at radius 3 is 2.60 bits per heavy atom. The summed E-state index contributed by atoms with van der Waals surface area (Å²) >= 11 is 1.65. The fourth-order valence-corrected chi connectivity index (χ4v) is 3.95. The second-order valence-corrected chi connectivity index (χ2v) is 7.24. The number of ketones is 1. The summed E-state index contributed by atoms with van der Waals surface area (Å²) in [6, 6.07) is 12.1. The summed E-state index contributed by atoms with van der Waals surface area (Å²) in [4.78, 5) is 12.7. The highest BCUT2D eigenvalue weighted by atomic mass is 32.2. The number of nitrogens with zero attached hydrogens (tertiary/aromatic N) is 2. The van der Waals surface area contributed by atoms with Crippen molar-refractivity contribution in [1.29, 1.82) is 0 Å². The maximum atomic E-state index is 12.7. The molecule has 0 bridgehead atoms. The van der Waals surface area contributed by atoms with Gasteiger partial charge in [-0.2, -0.15) is 0 Å². The lowest BCUT2D eigenvalue weighted by Gasteiger charge is -2.06. The molecule has 2 heterocycles. The Labute approximate surface area is 152 Å². The van der Waals surface area contributed by atoms with Gasteiger partial charge in [-0.3, -0.25) is 9.36 Å². The molecule has 3 aromatic rings. The monoisotopic (exact) mass is 354 g/mol. The lowest BCUT2D eigenvalue weighted by Crippen LogP contribution is -2.06. The molecule has 0 N–H and O–H groups in total. The molecule has 130 valence electrons. The van der Waals surface area contributed by atoms with Gasteiger partial charge in [0, 0.05) is 28.8 Å². The van der Waals surface area contributed by atoms with Crippen molar-refractivity contribution >= 4 is 17.5 Å². The maximum absolute atomic E-state index is 12.7. The normalized spacial score (nSPS) is 11.0. The number of carbonyl (C=O) groups excluding carboxylic acids is 1. The van der Waals surface area contributed by atoms with Crippen molar-refractivity contribution in [3.8, 4) is 5.82 Å². The molecule has 0 aliphatic rings. The van der Waals surface area contributed by atoms with Gasteiger partial charge in [0.05, 0.1) is 5.75 Å². The van der Waals surface area contributed by atoms with Crippen LogP contribution in [0.3, 0.4) is 0 Å². The fourth-order valence-electron chi connectivity index (χ4n) is 2.96. The van der Waals surface area contributed by atoms with Crippen LogP contribution < -0.4 is 0 Å². The smallest absolute Gasteiger partial charge is 0.180 e. The molecule has 0 saturated carbocycles. The number of aromatic nitrogens is 2. The van der Waals surface area contributed by atoms with E-state index in [0.29, 0.717) is 5.75 Å². The van der Waals surface area contributed by atoms with E-state index in [1.165, 1.54) is 11.1 Å². The third kappa shape index (κ3) is 3.71. The molecule has 2 aromatic heterocycles. The quantitative estimate of drug-likeness (QED) is 0.596. The minimum atomic E-state index is 0.151. The average Bonchev–Trinajstić information content (AvgIpc) is 3.12. The van der Waals surface area contributed by atoms with Crippen molar-refractivity contribution in [2.75, 3.05) is 5.75 Å². The molecule has 0 aliphatic heterocycles. The number of Topliss-reactive ketones (excluding diaryl/α,β-unsaturated/α-hetero) is 1. The van der Waals surface area contributed by atoms with Crippen LogP contribution >= 0.6 is 11.8 Å². The molecule has 0 saturated heterocycles. The minimum Gasteiger partial charge on any atom is -0.360 e. The van der Waals surface area contributed by atoms with Crippen molar-refractivity contribution < 1.29 is 9.32 Å². The number of carbonyl (C=O) groups is 1. The summed E-state index contributed by atoms with van der Waals surface area (Å²) < 4.78 is 7.13. The molecule has 25 heavy (non-hydrogen) atoms. The summed E-state index contributed by atoms with van der Waals surface area (Å²) in [7, 11) is 0. The number of aryl methyl sites for hydroxylation is 3. The minimum absolute atomic E-state index is 0.151. The van der Waals surface area contributed by atoms with Crippen molar-refractivity contribution in [2.24, 2.45) is 0 Å². The largest absolute Gasteiger partial charge is 0.360 e. The van der Waals surface area contributed by atoms with Gasteiger partial charge in [-0.15, -0.1) is 11.8 Å². The highest BCUT2D eigenvalue weighted by Crippen LogP contribution is 2.23. The zero-order valence-corrected chi connectivity index (χ0v) is 15.8. The Kier molecular flexibility index (Phi) is 5.13. The number of rotatable bonds is 6. The molecular formula is C20H22N2O2S. The Morgan fingerprint density at radius 1 is 1.16 bits per heavy atom. The highest BCUT2D eigenvalue weighted by molar-refractivity contribution is 7.99. The van der Waals surface area contributed by atoms with Gasteiger partial charge in [-0.25, -0.2) is 0 Å². The molecule has 1 aromatic carbocycles. The summed E-state index contributed by atoms with van der Waals surface area (Å²) in [5.74, 6) is 2.94.